The van der Waals surface area contributed by atoms with Crippen molar-refractivity contribution in [3.63, 3.8) is 0 Å². The van der Waals surface area contributed by atoms with E-state index in [1.165, 1.54) is 16.7 Å². The summed E-state index contributed by atoms with van der Waals surface area (Å²) in [6, 6.07) is 6.66. The fourth-order valence-corrected chi connectivity index (χ4v) is 6.38. The zero-order chi connectivity index (χ0) is 28.1. The van der Waals surface area contributed by atoms with Crippen LogP contribution in [0.25, 0.3) is 16.8 Å². The summed E-state index contributed by atoms with van der Waals surface area (Å²) in [6.45, 7) is 12.4. The fraction of sp³-hybridized carbons (Fsp3) is 0.562. The number of nitrogens with zero attached hydrogens (tertiary/aromatic N) is 5. The summed E-state index contributed by atoms with van der Waals surface area (Å²) in [4.78, 5) is 35.7. The molecule has 0 N–H and O–H groups in total. The van der Waals surface area contributed by atoms with Crippen molar-refractivity contribution in [1.29, 1.82) is 0 Å². The fourth-order valence-electron chi connectivity index (χ4n) is 6.38. The highest BCUT2D eigenvalue weighted by molar-refractivity contribution is 6.46. The van der Waals surface area contributed by atoms with Gasteiger partial charge < -0.3 is 9.80 Å². The van der Waals surface area contributed by atoms with Gasteiger partial charge in [0.15, 0.2) is 0 Å². The van der Waals surface area contributed by atoms with E-state index in [0.717, 1.165) is 54.5 Å². The van der Waals surface area contributed by atoms with E-state index < -0.39 is 0 Å². The number of fused-ring (bicyclic) bond motifs is 1. The molecule has 2 aliphatic carbocycles. The van der Waals surface area contributed by atoms with E-state index in [1.54, 1.807) is 7.05 Å². The molecule has 5 rings (SSSR count). The summed E-state index contributed by atoms with van der Waals surface area (Å²) in [5.41, 5.74) is 8.46. The van der Waals surface area contributed by atoms with Gasteiger partial charge in [-0.25, -0.2) is 0 Å². The number of allylic oxidation sites excluding steroid dienone is 1. The molecular weight excluding hydrogens is 486 g/mol. The zero-order valence-corrected chi connectivity index (χ0v) is 24.7. The van der Waals surface area contributed by atoms with E-state index in [-0.39, 0.29) is 22.8 Å². The van der Waals surface area contributed by atoms with E-state index in [4.69, 9.17) is 0 Å². The van der Waals surface area contributed by atoms with Crippen molar-refractivity contribution in [3.8, 4) is 11.3 Å². The second-order valence-corrected chi connectivity index (χ2v) is 12.8. The van der Waals surface area contributed by atoms with Crippen molar-refractivity contribution < 1.29 is 9.59 Å². The zero-order valence-electron chi connectivity index (χ0n) is 24.7. The van der Waals surface area contributed by atoms with Crippen LogP contribution in [0.15, 0.2) is 35.0 Å². The van der Waals surface area contributed by atoms with Gasteiger partial charge in [0.05, 0.1) is 11.2 Å². The average Bonchev–Trinajstić information content (AvgIpc) is 3.50. The van der Waals surface area contributed by atoms with Gasteiger partial charge in [0, 0.05) is 51.9 Å². The number of aliphatic imine (C=N–C) groups is 1. The number of carbonyl (C=O) groups is 2. The first kappa shape index (κ1) is 27.4. The van der Waals surface area contributed by atoms with Crippen molar-refractivity contribution in [2.75, 3.05) is 26.7 Å². The van der Waals surface area contributed by atoms with Crippen LogP contribution in [0.2, 0.25) is 0 Å². The summed E-state index contributed by atoms with van der Waals surface area (Å²) >= 11 is 0. The van der Waals surface area contributed by atoms with Crippen molar-refractivity contribution >= 4 is 23.1 Å². The minimum absolute atomic E-state index is 0.0193. The van der Waals surface area contributed by atoms with E-state index in [0.29, 0.717) is 31.8 Å². The first-order valence-electron chi connectivity index (χ1n) is 14.4. The third kappa shape index (κ3) is 5.20. The van der Waals surface area contributed by atoms with Crippen molar-refractivity contribution in [3.05, 3.63) is 46.7 Å². The Labute approximate surface area is 233 Å². The summed E-state index contributed by atoms with van der Waals surface area (Å²) in [7, 11) is 3.69. The molecule has 1 aliphatic heterocycles. The highest BCUT2D eigenvalue weighted by Crippen LogP contribution is 2.45. The second-order valence-electron chi connectivity index (χ2n) is 12.8. The molecular formula is C32H43N5O2. The van der Waals surface area contributed by atoms with Crippen LogP contribution in [0.5, 0.6) is 0 Å². The monoisotopic (exact) mass is 529 g/mol. The Bertz CT molecular complexity index is 1370. The Kier molecular flexibility index (Phi) is 7.06. The molecule has 0 atom stereocenters. The van der Waals surface area contributed by atoms with Crippen LogP contribution in [0, 0.1) is 5.41 Å². The summed E-state index contributed by atoms with van der Waals surface area (Å²) in [5.74, 6) is 0.216. The Morgan fingerprint density at radius 3 is 2.44 bits per heavy atom. The molecule has 1 saturated heterocycles. The van der Waals surface area contributed by atoms with Crippen molar-refractivity contribution in [2.45, 2.75) is 78.7 Å². The van der Waals surface area contributed by atoms with Crippen LogP contribution >= 0.6 is 0 Å². The maximum absolute atomic E-state index is 14.1. The van der Waals surface area contributed by atoms with Crippen LogP contribution in [-0.2, 0) is 29.5 Å². The number of aryl methyl sites for hydroxylation is 3. The SMILES string of the molecule is CCc1cc2c(cc1-c1ccn(C)n1)C(C)=C(/C(=N\C)C(=O)N1CCN(C(=O)CC(C)(C)C)CC13CC3)CC2. The van der Waals surface area contributed by atoms with Gasteiger partial charge in [-0.1, -0.05) is 33.8 Å². The van der Waals surface area contributed by atoms with Crippen LogP contribution < -0.4 is 0 Å². The molecule has 2 heterocycles. The average molecular weight is 530 g/mol. The molecule has 2 aromatic rings. The van der Waals surface area contributed by atoms with Gasteiger partial charge in [-0.3, -0.25) is 19.3 Å². The number of benzene rings is 1. The van der Waals surface area contributed by atoms with Crippen LogP contribution in [0.3, 0.4) is 0 Å². The molecule has 2 amide bonds. The van der Waals surface area contributed by atoms with Gasteiger partial charge in [-0.2, -0.15) is 5.10 Å². The standard InChI is InChI=1S/C32H43N5O2/c1-8-22-17-23-9-10-24(21(2)25(23)18-26(22)27-11-14-35(7)34-27)29(33-6)30(39)37-16-15-36(20-32(37)12-13-32)28(38)19-31(3,4)5/h11,14,17-18H,8-10,12-13,15-16,19-20H2,1-7H3/b33-29+. The minimum Gasteiger partial charge on any atom is -0.339 e. The lowest BCUT2D eigenvalue weighted by atomic mass is 9.81. The quantitative estimate of drug-likeness (QED) is 0.507. The van der Waals surface area contributed by atoms with Crippen molar-refractivity contribution in [1.82, 2.24) is 19.6 Å². The highest BCUT2D eigenvalue weighted by atomic mass is 16.2. The van der Waals surface area contributed by atoms with Crippen molar-refractivity contribution in [2.24, 2.45) is 17.5 Å². The Balaban J connectivity index is 1.42. The number of piperazine rings is 1. The van der Waals surface area contributed by atoms with Crippen LogP contribution in [0.4, 0.5) is 0 Å². The third-order valence-electron chi connectivity index (χ3n) is 8.67. The highest BCUT2D eigenvalue weighted by Gasteiger charge is 2.54. The maximum Gasteiger partial charge on any atom is 0.272 e. The number of carbonyl (C=O) groups excluding carboxylic acids is 2. The van der Waals surface area contributed by atoms with E-state index >= 15 is 0 Å². The molecule has 39 heavy (non-hydrogen) atoms. The number of amides is 2. The maximum atomic E-state index is 14.1. The number of hydrogen-bond donors (Lipinski definition) is 0. The lowest BCUT2D eigenvalue weighted by molar-refractivity contribution is -0.141. The molecule has 2 fully saturated rings. The molecule has 7 heteroatoms. The lowest BCUT2D eigenvalue weighted by Gasteiger charge is -2.43. The molecule has 0 unspecified atom stereocenters. The molecule has 208 valence electrons. The molecule has 1 saturated carbocycles. The molecule has 1 spiro atoms. The number of hydrogen-bond acceptors (Lipinski definition) is 4. The van der Waals surface area contributed by atoms with E-state index in [2.05, 4.69) is 62.9 Å². The largest absolute Gasteiger partial charge is 0.339 e. The first-order chi connectivity index (χ1) is 18.5. The second kappa shape index (κ2) is 10.1. The summed E-state index contributed by atoms with van der Waals surface area (Å²) < 4.78 is 1.84. The van der Waals surface area contributed by atoms with Crippen LogP contribution in [0.1, 0.15) is 77.0 Å². The predicted molar refractivity (Wildman–Crippen MR) is 157 cm³/mol. The van der Waals surface area contributed by atoms with Gasteiger partial charge in [0.2, 0.25) is 5.91 Å². The molecule has 7 nitrogen and oxygen atoms in total. The Morgan fingerprint density at radius 1 is 1.10 bits per heavy atom. The summed E-state index contributed by atoms with van der Waals surface area (Å²) in [6.07, 6.45) is 7.05. The minimum atomic E-state index is -0.234. The van der Waals surface area contributed by atoms with Gasteiger partial charge in [-0.05, 0) is 84.4 Å². The number of aromatic nitrogens is 2. The lowest BCUT2D eigenvalue weighted by Crippen LogP contribution is -2.59. The van der Waals surface area contributed by atoms with E-state index in [1.807, 2.05) is 27.7 Å². The molecule has 1 aromatic carbocycles. The van der Waals surface area contributed by atoms with Gasteiger partial charge in [-0.15, -0.1) is 0 Å². The Hall–Kier alpha value is -3.22. The Morgan fingerprint density at radius 2 is 1.85 bits per heavy atom. The third-order valence-corrected chi connectivity index (χ3v) is 8.67. The molecule has 0 radical (unpaired) electrons. The first-order valence-corrected chi connectivity index (χ1v) is 14.4. The molecule has 0 bridgehead atoms. The van der Waals surface area contributed by atoms with Gasteiger partial charge in [0.1, 0.15) is 5.71 Å². The van der Waals surface area contributed by atoms with Crippen LogP contribution in [-0.4, -0.2) is 69.3 Å². The molecule has 3 aliphatic rings. The number of rotatable bonds is 5. The predicted octanol–water partition coefficient (Wildman–Crippen LogP) is 5.08. The topological polar surface area (TPSA) is 70.8 Å². The van der Waals surface area contributed by atoms with Gasteiger partial charge in [0.25, 0.3) is 5.91 Å². The smallest absolute Gasteiger partial charge is 0.272 e. The molecule has 1 aromatic heterocycles. The normalized spacial score (nSPS) is 19.0. The van der Waals surface area contributed by atoms with Gasteiger partial charge >= 0.3 is 0 Å². The summed E-state index contributed by atoms with van der Waals surface area (Å²) in [5, 5.41) is 4.67. The van der Waals surface area contributed by atoms with E-state index in [9.17, 15) is 9.59 Å².